The van der Waals surface area contributed by atoms with E-state index in [0.29, 0.717) is 0 Å². The van der Waals surface area contributed by atoms with Crippen LogP contribution in [0, 0.1) is 6.92 Å². The Kier molecular flexibility index (Phi) is 4.12. The van der Waals surface area contributed by atoms with Gasteiger partial charge in [0.2, 0.25) is 0 Å². The molecule has 0 fully saturated rings. The molecule has 2 aromatic rings. The van der Waals surface area contributed by atoms with E-state index in [-0.39, 0.29) is 6.04 Å². The van der Waals surface area contributed by atoms with Crippen molar-refractivity contribution < 1.29 is 4.74 Å². The summed E-state index contributed by atoms with van der Waals surface area (Å²) in [6.45, 7) is 3.98. The molecule has 1 aromatic carbocycles. The van der Waals surface area contributed by atoms with Crippen LogP contribution in [0.1, 0.15) is 35.5 Å². The fourth-order valence-electron chi connectivity index (χ4n) is 2.09. The van der Waals surface area contributed by atoms with E-state index in [2.05, 4.69) is 17.1 Å². The summed E-state index contributed by atoms with van der Waals surface area (Å²) >= 11 is 0. The van der Waals surface area contributed by atoms with Crippen molar-refractivity contribution in [2.75, 3.05) is 7.11 Å². The van der Waals surface area contributed by atoms with E-state index in [0.717, 1.165) is 34.7 Å². The number of aromatic nitrogens is 2. The number of hydrogen-bond donors (Lipinski definition) is 1. The Balaban J connectivity index is 2.42. The van der Waals surface area contributed by atoms with Crippen LogP contribution in [-0.4, -0.2) is 17.3 Å². The third kappa shape index (κ3) is 2.90. The zero-order chi connectivity index (χ0) is 13.8. The highest BCUT2D eigenvalue weighted by Crippen LogP contribution is 2.25. The van der Waals surface area contributed by atoms with E-state index < -0.39 is 0 Å². The van der Waals surface area contributed by atoms with Crippen molar-refractivity contribution in [2.45, 2.75) is 26.3 Å². The summed E-state index contributed by atoms with van der Waals surface area (Å²) in [6.07, 6.45) is 0.820. The second-order valence-corrected chi connectivity index (χ2v) is 4.50. The maximum Gasteiger partial charge on any atom is 0.119 e. The summed E-state index contributed by atoms with van der Waals surface area (Å²) in [5, 5.41) is 8.31. The lowest BCUT2D eigenvalue weighted by molar-refractivity contribution is 0.414. The van der Waals surface area contributed by atoms with Gasteiger partial charge in [0.1, 0.15) is 5.75 Å². The van der Waals surface area contributed by atoms with Crippen LogP contribution in [0.4, 0.5) is 0 Å². The largest absolute Gasteiger partial charge is 0.497 e. The number of hydrogen-bond acceptors (Lipinski definition) is 4. The molecule has 2 N–H and O–H groups in total. The number of ether oxygens (including phenoxy) is 1. The van der Waals surface area contributed by atoms with Gasteiger partial charge in [-0.2, -0.15) is 10.2 Å². The molecule has 2 rings (SSSR count). The first kappa shape index (κ1) is 13.5. The molecule has 19 heavy (non-hydrogen) atoms. The number of nitrogens with zero attached hydrogens (tertiary/aromatic N) is 2. The van der Waals surface area contributed by atoms with Gasteiger partial charge in [-0.1, -0.05) is 19.1 Å². The molecule has 0 aliphatic rings. The lowest BCUT2D eigenvalue weighted by Crippen LogP contribution is -2.16. The van der Waals surface area contributed by atoms with Crippen molar-refractivity contribution in [3.8, 4) is 5.75 Å². The summed E-state index contributed by atoms with van der Waals surface area (Å²) in [5.41, 5.74) is 10.2. The molecule has 100 valence electrons. The molecule has 0 bridgehead atoms. The van der Waals surface area contributed by atoms with E-state index in [9.17, 15) is 0 Å². The Bertz CT molecular complexity index is 569. The van der Waals surface area contributed by atoms with Gasteiger partial charge in [-0.05, 0) is 42.7 Å². The number of aryl methyl sites for hydroxylation is 2. The Labute approximate surface area is 113 Å². The van der Waals surface area contributed by atoms with Crippen molar-refractivity contribution in [3.05, 3.63) is 52.8 Å². The summed E-state index contributed by atoms with van der Waals surface area (Å²) < 4.78 is 5.24. The summed E-state index contributed by atoms with van der Waals surface area (Å²) in [6, 6.07) is 9.62. The van der Waals surface area contributed by atoms with Crippen LogP contribution in [-0.2, 0) is 6.42 Å². The normalized spacial score (nSPS) is 12.2. The van der Waals surface area contributed by atoms with E-state index in [1.165, 1.54) is 0 Å². The van der Waals surface area contributed by atoms with Crippen molar-refractivity contribution in [1.29, 1.82) is 0 Å². The Hall–Kier alpha value is -1.94. The molecule has 0 aliphatic carbocycles. The van der Waals surface area contributed by atoms with Crippen molar-refractivity contribution in [2.24, 2.45) is 5.73 Å². The minimum atomic E-state index is -0.209. The molecule has 0 amide bonds. The minimum absolute atomic E-state index is 0.209. The SMILES string of the molecule is CCc1nnc(C)cc1C(N)c1cccc(OC)c1. The fraction of sp³-hybridized carbons (Fsp3) is 0.333. The van der Waals surface area contributed by atoms with Crippen molar-refractivity contribution >= 4 is 0 Å². The molecule has 0 saturated carbocycles. The highest BCUT2D eigenvalue weighted by atomic mass is 16.5. The standard InChI is InChI=1S/C15H19N3O/c1-4-14-13(8-10(2)17-18-14)15(16)11-6-5-7-12(9-11)19-3/h5-9,15H,4,16H2,1-3H3. The van der Waals surface area contributed by atoms with Crippen LogP contribution in [0.3, 0.4) is 0 Å². The first-order valence-electron chi connectivity index (χ1n) is 6.38. The van der Waals surface area contributed by atoms with E-state index in [1.807, 2.05) is 37.3 Å². The quantitative estimate of drug-likeness (QED) is 0.913. The topological polar surface area (TPSA) is 61.0 Å². The zero-order valence-electron chi connectivity index (χ0n) is 11.6. The van der Waals surface area contributed by atoms with Crippen LogP contribution in [0.5, 0.6) is 5.75 Å². The number of rotatable bonds is 4. The Morgan fingerprint density at radius 3 is 2.74 bits per heavy atom. The van der Waals surface area contributed by atoms with Crippen molar-refractivity contribution in [3.63, 3.8) is 0 Å². The van der Waals surface area contributed by atoms with Crippen LogP contribution in [0.2, 0.25) is 0 Å². The van der Waals surface area contributed by atoms with E-state index in [1.54, 1.807) is 7.11 Å². The Morgan fingerprint density at radius 2 is 2.05 bits per heavy atom. The molecule has 1 atom stereocenters. The monoisotopic (exact) mass is 257 g/mol. The maximum absolute atomic E-state index is 6.36. The van der Waals surface area contributed by atoms with Gasteiger partial charge >= 0.3 is 0 Å². The lowest BCUT2D eigenvalue weighted by atomic mass is 9.97. The molecule has 0 radical (unpaired) electrons. The summed E-state index contributed by atoms with van der Waals surface area (Å²) in [4.78, 5) is 0. The van der Waals surface area contributed by atoms with Gasteiger partial charge in [-0.25, -0.2) is 0 Å². The molecular formula is C15H19N3O. The molecule has 0 spiro atoms. The predicted molar refractivity (Wildman–Crippen MR) is 75.2 cm³/mol. The zero-order valence-corrected chi connectivity index (χ0v) is 11.6. The van der Waals surface area contributed by atoms with Gasteiger partial charge in [-0.15, -0.1) is 0 Å². The van der Waals surface area contributed by atoms with E-state index in [4.69, 9.17) is 10.5 Å². The molecule has 4 nitrogen and oxygen atoms in total. The molecule has 0 aliphatic heterocycles. The fourth-order valence-corrected chi connectivity index (χ4v) is 2.09. The average Bonchev–Trinajstić information content (AvgIpc) is 2.46. The van der Waals surface area contributed by atoms with E-state index >= 15 is 0 Å². The van der Waals surface area contributed by atoms with Crippen LogP contribution in [0.25, 0.3) is 0 Å². The van der Waals surface area contributed by atoms with Crippen molar-refractivity contribution in [1.82, 2.24) is 10.2 Å². The highest BCUT2D eigenvalue weighted by Gasteiger charge is 2.15. The minimum Gasteiger partial charge on any atom is -0.497 e. The number of benzene rings is 1. The molecule has 1 aromatic heterocycles. The van der Waals surface area contributed by atoms with Gasteiger partial charge in [0.05, 0.1) is 24.5 Å². The van der Waals surface area contributed by atoms with Gasteiger partial charge < -0.3 is 10.5 Å². The third-order valence-corrected chi connectivity index (χ3v) is 3.15. The second kappa shape index (κ2) is 5.80. The number of methoxy groups -OCH3 is 1. The third-order valence-electron chi connectivity index (χ3n) is 3.15. The molecule has 1 unspecified atom stereocenters. The van der Waals surface area contributed by atoms with Gasteiger partial charge in [0.15, 0.2) is 0 Å². The highest BCUT2D eigenvalue weighted by molar-refractivity contribution is 5.38. The first-order chi connectivity index (χ1) is 9.15. The van der Waals surface area contributed by atoms with Crippen LogP contribution in [0.15, 0.2) is 30.3 Å². The first-order valence-corrected chi connectivity index (χ1v) is 6.38. The molecule has 1 heterocycles. The van der Waals surface area contributed by atoms with Gasteiger partial charge in [0.25, 0.3) is 0 Å². The second-order valence-electron chi connectivity index (χ2n) is 4.50. The average molecular weight is 257 g/mol. The van der Waals surface area contributed by atoms with Gasteiger partial charge in [-0.3, -0.25) is 0 Å². The maximum atomic E-state index is 6.36. The Morgan fingerprint density at radius 1 is 1.26 bits per heavy atom. The molecule has 0 saturated heterocycles. The smallest absolute Gasteiger partial charge is 0.119 e. The van der Waals surface area contributed by atoms with Crippen LogP contribution < -0.4 is 10.5 Å². The summed E-state index contributed by atoms with van der Waals surface area (Å²) in [5.74, 6) is 0.810. The molecular weight excluding hydrogens is 238 g/mol. The summed E-state index contributed by atoms with van der Waals surface area (Å²) in [7, 11) is 1.65. The molecule has 4 heteroatoms. The lowest BCUT2D eigenvalue weighted by Gasteiger charge is -2.16. The van der Waals surface area contributed by atoms with Crippen LogP contribution >= 0.6 is 0 Å². The number of nitrogens with two attached hydrogens (primary N) is 1. The van der Waals surface area contributed by atoms with Gasteiger partial charge in [0, 0.05) is 0 Å². The predicted octanol–water partition coefficient (Wildman–Crippen LogP) is 2.40.